The molecule has 1 fully saturated rings. The number of anilines is 2. The topological polar surface area (TPSA) is 70.4 Å². The fourth-order valence-corrected chi connectivity index (χ4v) is 2.74. The van der Waals surface area contributed by atoms with E-state index < -0.39 is 11.6 Å². The van der Waals surface area contributed by atoms with E-state index in [1.165, 1.54) is 6.07 Å². The van der Waals surface area contributed by atoms with Gasteiger partial charge in [-0.1, -0.05) is 5.16 Å². The molecule has 1 aromatic carbocycles. The normalized spacial score (nSPS) is 17.1. The van der Waals surface area contributed by atoms with E-state index in [0.717, 1.165) is 19.0 Å². The molecular weight excluding hydrogens is 318 g/mol. The van der Waals surface area contributed by atoms with Crippen LogP contribution in [-0.2, 0) is 0 Å². The van der Waals surface area contributed by atoms with Gasteiger partial charge in [0.15, 0.2) is 17.5 Å². The van der Waals surface area contributed by atoms with Gasteiger partial charge in [0.25, 0.3) is 0 Å². The Labute approximate surface area is 137 Å². The van der Waals surface area contributed by atoms with Crippen molar-refractivity contribution in [3.05, 3.63) is 41.7 Å². The zero-order valence-corrected chi connectivity index (χ0v) is 13.2. The van der Waals surface area contributed by atoms with Crippen molar-refractivity contribution in [1.29, 1.82) is 0 Å². The van der Waals surface area contributed by atoms with Crippen LogP contribution < -0.4 is 15.5 Å². The molecule has 0 bridgehead atoms. The van der Waals surface area contributed by atoms with Gasteiger partial charge in [0.2, 0.25) is 0 Å². The van der Waals surface area contributed by atoms with Crippen molar-refractivity contribution in [2.45, 2.75) is 13.3 Å². The second-order valence-electron chi connectivity index (χ2n) is 5.86. The van der Waals surface area contributed by atoms with E-state index in [9.17, 15) is 13.6 Å². The minimum Gasteiger partial charge on any atom is -0.371 e. The van der Waals surface area contributed by atoms with Crippen LogP contribution >= 0.6 is 0 Å². The number of hydrogen-bond acceptors (Lipinski definition) is 4. The van der Waals surface area contributed by atoms with E-state index in [-0.39, 0.29) is 11.9 Å². The van der Waals surface area contributed by atoms with Crippen LogP contribution in [0.15, 0.2) is 28.8 Å². The number of nitrogens with one attached hydrogen (secondary N) is 2. The first-order valence-corrected chi connectivity index (χ1v) is 7.69. The summed E-state index contributed by atoms with van der Waals surface area (Å²) in [4.78, 5) is 13.8. The number of nitrogens with zero attached hydrogens (tertiary/aromatic N) is 2. The van der Waals surface area contributed by atoms with Gasteiger partial charge in [-0.05, 0) is 31.4 Å². The second-order valence-corrected chi connectivity index (χ2v) is 5.86. The quantitative estimate of drug-likeness (QED) is 0.901. The van der Waals surface area contributed by atoms with Crippen LogP contribution in [-0.4, -0.2) is 30.8 Å². The highest BCUT2D eigenvalue weighted by Crippen LogP contribution is 2.25. The van der Waals surface area contributed by atoms with Crippen LogP contribution in [0.5, 0.6) is 0 Å². The monoisotopic (exact) mass is 336 g/mol. The lowest BCUT2D eigenvalue weighted by Crippen LogP contribution is -2.34. The molecule has 2 aromatic rings. The van der Waals surface area contributed by atoms with Crippen LogP contribution in [0.2, 0.25) is 0 Å². The van der Waals surface area contributed by atoms with Gasteiger partial charge in [-0.3, -0.25) is 5.32 Å². The van der Waals surface area contributed by atoms with Crippen molar-refractivity contribution in [2.24, 2.45) is 5.92 Å². The standard InChI is InChI=1S/C16H18F2N4O2/c1-10-6-15(21-24-10)20-16(23)19-8-11-4-5-22(9-11)12-2-3-13(17)14(18)7-12/h2-3,6-7,11H,4-5,8-9H2,1H3,(H2,19,20,21,23)/t11-/m1/s1. The Hall–Kier alpha value is -2.64. The summed E-state index contributed by atoms with van der Waals surface area (Å²) in [5.41, 5.74) is 0.652. The predicted molar refractivity (Wildman–Crippen MR) is 84.9 cm³/mol. The van der Waals surface area contributed by atoms with Crippen molar-refractivity contribution in [3.8, 4) is 0 Å². The molecular formula is C16H18F2N4O2. The van der Waals surface area contributed by atoms with Gasteiger partial charge in [-0.2, -0.15) is 0 Å². The largest absolute Gasteiger partial charge is 0.371 e. The second kappa shape index (κ2) is 6.86. The minimum absolute atomic E-state index is 0.239. The summed E-state index contributed by atoms with van der Waals surface area (Å²) in [5.74, 6) is -0.488. The van der Waals surface area contributed by atoms with Crippen molar-refractivity contribution >= 4 is 17.5 Å². The molecule has 2 amide bonds. The first-order chi connectivity index (χ1) is 11.5. The van der Waals surface area contributed by atoms with Gasteiger partial charge in [0, 0.05) is 37.5 Å². The first kappa shape index (κ1) is 16.2. The number of urea groups is 1. The van der Waals surface area contributed by atoms with E-state index in [0.29, 0.717) is 30.4 Å². The number of halogens is 2. The summed E-state index contributed by atoms with van der Waals surface area (Å²) in [7, 11) is 0. The summed E-state index contributed by atoms with van der Waals surface area (Å²) >= 11 is 0. The Morgan fingerprint density at radius 2 is 2.21 bits per heavy atom. The van der Waals surface area contributed by atoms with Crippen molar-refractivity contribution < 1.29 is 18.1 Å². The molecule has 0 spiro atoms. The third kappa shape index (κ3) is 3.81. The molecule has 0 aliphatic carbocycles. The van der Waals surface area contributed by atoms with Crippen LogP contribution in [0, 0.1) is 24.5 Å². The molecule has 1 aliphatic rings. The number of aromatic nitrogens is 1. The number of amides is 2. The smallest absolute Gasteiger partial charge is 0.320 e. The Balaban J connectivity index is 1.47. The molecule has 6 nitrogen and oxygen atoms in total. The molecule has 1 aromatic heterocycles. The minimum atomic E-state index is -0.851. The molecule has 3 rings (SSSR count). The summed E-state index contributed by atoms with van der Waals surface area (Å²) in [6, 6.07) is 5.16. The maximum atomic E-state index is 13.3. The molecule has 8 heteroatoms. The summed E-state index contributed by atoms with van der Waals surface area (Å²) in [6.07, 6.45) is 0.863. The van der Waals surface area contributed by atoms with Crippen LogP contribution in [0.1, 0.15) is 12.2 Å². The molecule has 2 N–H and O–H groups in total. The Bertz CT molecular complexity index is 735. The summed E-state index contributed by atoms with van der Waals surface area (Å²) in [6.45, 7) is 3.64. The van der Waals surface area contributed by atoms with E-state index in [1.54, 1.807) is 19.1 Å². The maximum Gasteiger partial charge on any atom is 0.320 e. The van der Waals surface area contributed by atoms with Gasteiger partial charge < -0.3 is 14.7 Å². The summed E-state index contributed by atoms with van der Waals surface area (Å²) < 4.78 is 31.2. The first-order valence-electron chi connectivity index (χ1n) is 7.69. The van der Waals surface area contributed by atoms with Crippen molar-refractivity contribution in [1.82, 2.24) is 10.5 Å². The predicted octanol–water partition coefficient (Wildman–Crippen LogP) is 2.91. The molecule has 2 heterocycles. The molecule has 128 valence electrons. The summed E-state index contributed by atoms with van der Waals surface area (Å²) in [5, 5.41) is 9.05. The van der Waals surface area contributed by atoms with E-state index in [4.69, 9.17) is 4.52 Å². The number of benzene rings is 1. The SMILES string of the molecule is Cc1cc(NC(=O)NC[C@H]2CCN(c3ccc(F)c(F)c3)C2)no1. The van der Waals surface area contributed by atoms with Gasteiger partial charge in [0.1, 0.15) is 5.76 Å². The zero-order chi connectivity index (χ0) is 17.1. The Morgan fingerprint density at radius 3 is 2.92 bits per heavy atom. The maximum absolute atomic E-state index is 13.3. The molecule has 1 atom stereocenters. The number of aryl methyl sites for hydroxylation is 1. The average Bonchev–Trinajstić information content (AvgIpc) is 3.17. The van der Waals surface area contributed by atoms with Gasteiger partial charge in [-0.15, -0.1) is 0 Å². The molecule has 24 heavy (non-hydrogen) atoms. The lowest BCUT2D eigenvalue weighted by atomic mass is 10.1. The van der Waals surface area contributed by atoms with Crippen molar-refractivity contribution in [2.75, 3.05) is 29.9 Å². The van der Waals surface area contributed by atoms with E-state index in [1.807, 2.05) is 4.90 Å². The number of hydrogen-bond donors (Lipinski definition) is 2. The average molecular weight is 336 g/mol. The highest BCUT2D eigenvalue weighted by atomic mass is 19.2. The zero-order valence-electron chi connectivity index (χ0n) is 13.2. The number of carbonyl (C=O) groups excluding carboxylic acids is 1. The highest BCUT2D eigenvalue weighted by molar-refractivity contribution is 5.88. The van der Waals surface area contributed by atoms with Crippen LogP contribution in [0.25, 0.3) is 0 Å². The number of rotatable bonds is 4. The van der Waals surface area contributed by atoms with Crippen LogP contribution in [0.3, 0.4) is 0 Å². The molecule has 0 radical (unpaired) electrons. The Kier molecular flexibility index (Phi) is 4.64. The van der Waals surface area contributed by atoms with Gasteiger partial charge >= 0.3 is 6.03 Å². The third-order valence-corrected chi connectivity index (χ3v) is 3.98. The molecule has 1 saturated heterocycles. The van der Waals surface area contributed by atoms with E-state index in [2.05, 4.69) is 15.8 Å². The fourth-order valence-electron chi connectivity index (χ4n) is 2.74. The molecule has 0 saturated carbocycles. The lowest BCUT2D eigenvalue weighted by Gasteiger charge is -2.19. The Morgan fingerprint density at radius 1 is 1.38 bits per heavy atom. The third-order valence-electron chi connectivity index (χ3n) is 3.98. The highest BCUT2D eigenvalue weighted by Gasteiger charge is 2.23. The van der Waals surface area contributed by atoms with Crippen molar-refractivity contribution in [3.63, 3.8) is 0 Å². The lowest BCUT2D eigenvalue weighted by molar-refractivity contribution is 0.250. The van der Waals surface area contributed by atoms with Gasteiger partial charge in [-0.25, -0.2) is 13.6 Å². The van der Waals surface area contributed by atoms with E-state index >= 15 is 0 Å². The molecule has 0 unspecified atom stereocenters. The van der Waals surface area contributed by atoms with Crippen LogP contribution in [0.4, 0.5) is 25.1 Å². The van der Waals surface area contributed by atoms with Gasteiger partial charge in [0.05, 0.1) is 0 Å². The fraction of sp³-hybridized carbons (Fsp3) is 0.375. The number of carbonyl (C=O) groups is 1. The molecule has 1 aliphatic heterocycles.